The minimum absolute atomic E-state index is 0.201. The summed E-state index contributed by atoms with van der Waals surface area (Å²) in [7, 11) is 0. The van der Waals surface area contributed by atoms with E-state index in [9.17, 15) is 18.7 Å². The number of hydrogen-bond acceptors (Lipinski definition) is 2. The predicted molar refractivity (Wildman–Crippen MR) is 87.8 cm³/mol. The lowest BCUT2D eigenvalue weighted by molar-refractivity contribution is 0.0357. The first-order valence-electron chi connectivity index (χ1n) is 8.22. The average Bonchev–Trinajstić information content (AvgIpc) is 2.90. The number of aromatic nitrogens is 1. The van der Waals surface area contributed by atoms with Gasteiger partial charge >= 0.3 is 0 Å². The second kappa shape index (κ2) is 6.16. The summed E-state index contributed by atoms with van der Waals surface area (Å²) in [4.78, 5) is 17.1. The third kappa shape index (κ3) is 3.59. The van der Waals surface area contributed by atoms with E-state index in [-0.39, 0.29) is 22.5 Å². The maximum absolute atomic E-state index is 13.8. The summed E-state index contributed by atoms with van der Waals surface area (Å²) in [5, 5.41) is 10.1. The first-order chi connectivity index (χ1) is 11.2. The van der Waals surface area contributed by atoms with E-state index in [2.05, 4.69) is 4.98 Å². The van der Waals surface area contributed by atoms with Crippen LogP contribution in [0.2, 0.25) is 0 Å². The molecule has 0 atom stereocenters. The van der Waals surface area contributed by atoms with Crippen LogP contribution in [0.5, 0.6) is 0 Å². The van der Waals surface area contributed by atoms with E-state index < -0.39 is 17.2 Å². The normalized spacial score (nSPS) is 16.8. The van der Waals surface area contributed by atoms with Gasteiger partial charge in [-0.05, 0) is 51.2 Å². The molecule has 0 spiro atoms. The molecule has 4 nitrogen and oxygen atoms in total. The largest absolute Gasteiger partial charge is 0.390 e. The second-order valence-corrected chi connectivity index (χ2v) is 7.28. The van der Waals surface area contributed by atoms with E-state index >= 15 is 0 Å². The van der Waals surface area contributed by atoms with Gasteiger partial charge in [0.1, 0.15) is 17.3 Å². The number of aromatic amines is 1. The van der Waals surface area contributed by atoms with Gasteiger partial charge in [-0.2, -0.15) is 0 Å². The van der Waals surface area contributed by atoms with Crippen LogP contribution in [0.3, 0.4) is 0 Å². The molecule has 6 heteroatoms. The second-order valence-electron chi connectivity index (χ2n) is 7.28. The van der Waals surface area contributed by atoms with E-state index in [4.69, 9.17) is 0 Å². The standard InChI is InChI=1S/C18H22F2N2O2/c1-18(2,24)10-11-3-5-22(6-4-11)17(23)16-9-13-14(20)7-12(19)8-15(13)21-16/h7-9,11,21,24H,3-6,10H2,1-2H3. The summed E-state index contributed by atoms with van der Waals surface area (Å²) in [5.41, 5.74) is -0.140. The van der Waals surface area contributed by atoms with Crippen LogP contribution in [0.1, 0.15) is 43.6 Å². The smallest absolute Gasteiger partial charge is 0.270 e. The number of fused-ring (bicyclic) bond motifs is 1. The van der Waals surface area contributed by atoms with E-state index in [1.165, 1.54) is 12.1 Å². The molecule has 130 valence electrons. The summed E-state index contributed by atoms with van der Waals surface area (Å²) in [5.74, 6) is -1.16. The SMILES string of the molecule is CC(C)(O)CC1CCN(C(=O)c2cc3c(F)cc(F)cc3[nH]2)CC1. The van der Waals surface area contributed by atoms with Crippen molar-refractivity contribution in [3.05, 3.63) is 35.5 Å². The Kier molecular flexibility index (Phi) is 4.34. The van der Waals surface area contributed by atoms with Gasteiger partial charge in [0.25, 0.3) is 5.91 Å². The molecule has 0 aliphatic carbocycles. The van der Waals surface area contributed by atoms with Crippen molar-refractivity contribution in [2.45, 2.75) is 38.7 Å². The number of nitrogens with one attached hydrogen (secondary N) is 1. The third-order valence-electron chi connectivity index (χ3n) is 4.57. The number of carbonyl (C=O) groups is 1. The number of piperidine rings is 1. The van der Waals surface area contributed by atoms with Crippen LogP contribution in [0.25, 0.3) is 10.9 Å². The fraction of sp³-hybridized carbons (Fsp3) is 0.500. The first kappa shape index (κ1) is 16.9. The lowest BCUT2D eigenvalue weighted by atomic mass is 9.86. The topological polar surface area (TPSA) is 56.3 Å². The maximum Gasteiger partial charge on any atom is 0.270 e. The number of halogens is 2. The molecule has 0 unspecified atom stereocenters. The molecule has 2 aromatic rings. The van der Waals surface area contributed by atoms with Gasteiger partial charge < -0.3 is 15.0 Å². The van der Waals surface area contributed by atoms with Gasteiger partial charge in [0, 0.05) is 24.5 Å². The van der Waals surface area contributed by atoms with Crippen LogP contribution in [0, 0.1) is 17.6 Å². The van der Waals surface area contributed by atoms with Crippen LogP contribution in [-0.4, -0.2) is 39.6 Å². The van der Waals surface area contributed by atoms with Crippen LogP contribution >= 0.6 is 0 Å². The van der Waals surface area contributed by atoms with Crippen LogP contribution in [-0.2, 0) is 0 Å². The molecular formula is C18H22F2N2O2. The lowest BCUT2D eigenvalue weighted by Gasteiger charge is -2.34. The molecule has 1 aromatic carbocycles. The van der Waals surface area contributed by atoms with Crippen molar-refractivity contribution in [2.24, 2.45) is 5.92 Å². The van der Waals surface area contributed by atoms with Crippen LogP contribution in [0.15, 0.2) is 18.2 Å². The Bertz CT molecular complexity index is 756. The molecule has 1 aliphatic rings. The van der Waals surface area contributed by atoms with Gasteiger partial charge in [-0.25, -0.2) is 8.78 Å². The molecule has 1 aliphatic heterocycles. The molecule has 1 fully saturated rings. The Morgan fingerprint density at radius 3 is 2.58 bits per heavy atom. The van der Waals surface area contributed by atoms with E-state index in [0.29, 0.717) is 25.4 Å². The van der Waals surface area contributed by atoms with Crippen molar-refractivity contribution in [3.63, 3.8) is 0 Å². The third-order valence-corrected chi connectivity index (χ3v) is 4.57. The minimum Gasteiger partial charge on any atom is -0.390 e. The molecule has 0 bridgehead atoms. The number of rotatable bonds is 3. The number of likely N-dealkylation sites (tertiary alicyclic amines) is 1. The molecule has 2 N–H and O–H groups in total. The van der Waals surface area contributed by atoms with Crippen molar-refractivity contribution in [2.75, 3.05) is 13.1 Å². The highest BCUT2D eigenvalue weighted by Crippen LogP contribution is 2.27. The van der Waals surface area contributed by atoms with Crippen molar-refractivity contribution in [1.29, 1.82) is 0 Å². The molecule has 1 saturated heterocycles. The van der Waals surface area contributed by atoms with Crippen LogP contribution in [0.4, 0.5) is 8.78 Å². The Morgan fingerprint density at radius 1 is 1.29 bits per heavy atom. The van der Waals surface area contributed by atoms with Crippen molar-refractivity contribution >= 4 is 16.8 Å². The highest BCUT2D eigenvalue weighted by Gasteiger charge is 2.28. The number of H-pyrrole nitrogens is 1. The van der Waals surface area contributed by atoms with E-state index in [1.807, 2.05) is 0 Å². The molecular weight excluding hydrogens is 314 g/mol. The monoisotopic (exact) mass is 336 g/mol. The molecule has 2 heterocycles. The summed E-state index contributed by atoms with van der Waals surface area (Å²) in [6.07, 6.45) is 2.38. The predicted octanol–water partition coefficient (Wildman–Crippen LogP) is 3.46. The van der Waals surface area contributed by atoms with Gasteiger partial charge in [-0.3, -0.25) is 4.79 Å². The average molecular weight is 336 g/mol. The van der Waals surface area contributed by atoms with Crippen molar-refractivity contribution < 1.29 is 18.7 Å². The molecule has 0 saturated carbocycles. The fourth-order valence-electron chi connectivity index (χ4n) is 3.49. The molecule has 3 rings (SSSR count). The Labute approximate surface area is 139 Å². The van der Waals surface area contributed by atoms with Crippen molar-refractivity contribution in [1.82, 2.24) is 9.88 Å². The quantitative estimate of drug-likeness (QED) is 0.902. The molecule has 24 heavy (non-hydrogen) atoms. The molecule has 1 aromatic heterocycles. The van der Waals surface area contributed by atoms with E-state index in [1.54, 1.807) is 18.7 Å². The number of amides is 1. The lowest BCUT2D eigenvalue weighted by Crippen LogP contribution is -2.40. The Hall–Kier alpha value is -1.95. The minimum atomic E-state index is -0.699. The summed E-state index contributed by atoms with van der Waals surface area (Å²) in [6.45, 7) is 4.79. The summed E-state index contributed by atoms with van der Waals surface area (Å²) >= 11 is 0. The summed E-state index contributed by atoms with van der Waals surface area (Å²) < 4.78 is 27.0. The van der Waals surface area contributed by atoms with Gasteiger partial charge in [0.05, 0.1) is 11.1 Å². The van der Waals surface area contributed by atoms with Crippen molar-refractivity contribution in [3.8, 4) is 0 Å². The zero-order valence-electron chi connectivity index (χ0n) is 13.9. The van der Waals surface area contributed by atoms with Gasteiger partial charge in [-0.15, -0.1) is 0 Å². The van der Waals surface area contributed by atoms with E-state index in [0.717, 1.165) is 18.9 Å². The number of nitrogens with zero attached hydrogens (tertiary/aromatic N) is 1. The first-order valence-corrected chi connectivity index (χ1v) is 8.22. The zero-order chi connectivity index (χ0) is 17.5. The number of benzene rings is 1. The van der Waals surface area contributed by atoms with Crippen LogP contribution < -0.4 is 0 Å². The number of hydrogen-bond donors (Lipinski definition) is 2. The maximum atomic E-state index is 13.8. The number of aliphatic hydroxyl groups is 1. The Balaban J connectivity index is 1.71. The highest BCUT2D eigenvalue weighted by atomic mass is 19.1. The van der Waals surface area contributed by atoms with Gasteiger partial charge in [0.15, 0.2) is 0 Å². The molecule has 0 radical (unpaired) electrons. The number of carbonyl (C=O) groups excluding carboxylic acids is 1. The zero-order valence-corrected chi connectivity index (χ0v) is 13.9. The molecule has 1 amide bonds. The van der Waals surface area contributed by atoms with Gasteiger partial charge in [-0.1, -0.05) is 0 Å². The highest BCUT2D eigenvalue weighted by molar-refractivity contribution is 5.98. The summed E-state index contributed by atoms with van der Waals surface area (Å²) in [6, 6.07) is 3.44. The Morgan fingerprint density at radius 2 is 1.96 bits per heavy atom. The van der Waals surface area contributed by atoms with Gasteiger partial charge in [0.2, 0.25) is 0 Å². The fourth-order valence-corrected chi connectivity index (χ4v) is 3.49.